The molecule has 0 atom stereocenters. The molecule has 0 fully saturated rings. The minimum atomic E-state index is -4.77. The van der Waals surface area contributed by atoms with Gasteiger partial charge in [0.25, 0.3) is 0 Å². The molecule has 3 amide bonds. The van der Waals surface area contributed by atoms with Crippen LogP contribution in [0.1, 0.15) is 41.0 Å². The number of benzene rings is 2. The lowest BCUT2D eigenvalue weighted by molar-refractivity contribution is -0.274. The Labute approximate surface area is 251 Å². The molecule has 2 aromatic carbocycles. The third kappa shape index (κ3) is 8.71. The van der Waals surface area contributed by atoms with Crippen molar-refractivity contribution in [3.63, 3.8) is 0 Å². The van der Waals surface area contributed by atoms with Crippen LogP contribution >= 0.6 is 11.3 Å². The first-order chi connectivity index (χ1) is 19.9. The number of alkyl halides is 3. The molecule has 0 radical (unpaired) electrons. The van der Waals surface area contributed by atoms with Crippen LogP contribution in [0.4, 0.5) is 34.6 Å². The molecule has 9 nitrogen and oxygen atoms in total. The third-order valence-electron chi connectivity index (χ3n) is 6.16. The standard InChI is InChI=1S/C30H34F3N5O4S/c1-28(2,3)16-25(39)37(6)19-9-12-22-21(15-19)34-26(38(22)17-29(4,5)41)36-27(40)35-24-14-13-23(43-24)18-7-10-20(11-8-18)42-30(31,32)33/h7-15,41H,16-17H2,1-6H3,(H2,34,35,36,40). The number of hydrogen-bond acceptors (Lipinski definition) is 6. The lowest BCUT2D eigenvalue weighted by atomic mass is 9.91. The SMILES string of the molecule is CN(C(=O)CC(C)(C)C)c1ccc2c(c1)nc(NC(=O)Nc1ccc(-c3ccc(OC(F)(F)F)cc3)s1)n2CC(C)(C)O. The van der Waals surface area contributed by atoms with E-state index in [0.717, 1.165) is 4.88 Å². The van der Waals surface area contributed by atoms with Crippen molar-refractivity contribution < 1.29 is 32.6 Å². The molecule has 3 N–H and O–H groups in total. The van der Waals surface area contributed by atoms with E-state index in [9.17, 15) is 27.9 Å². The van der Waals surface area contributed by atoms with Gasteiger partial charge in [0, 0.05) is 24.0 Å². The van der Waals surface area contributed by atoms with Gasteiger partial charge in [0.05, 0.1) is 28.2 Å². The van der Waals surface area contributed by atoms with Crippen molar-refractivity contribution >= 4 is 50.9 Å². The molecule has 4 aromatic rings. The first kappa shape index (κ1) is 31.8. The van der Waals surface area contributed by atoms with Gasteiger partial charge in [-0.3, -0.25) is 15.4 Å². The number of urea groups is 1. The van der Waals surface area contributed by atoms with Crippen LogP contribution in [0, 0.1) is 5.41 Å². The van der Waals surface area contributed by atoms with Crippen molar-refractivity contribution in [2.45, 2.75) is 59.5 Å². The fourth-order valence-corrected chi connectivity index (χ4v) is 5.22. The van der Waals surface area contributed by atoms with E-state index >= 15 is 0 Å². The molecule has 2 heterocycles. The Balaban J connectivity index is 1.52. The summed E-state index contributed by atoms with van der Waals surface area (Å²) in [6, 6.07) is 13.6. The molecule has 0 saturated carbocycles. The number of rotatable bonds is 8. The zero-order valence-corrected chi connectivity index (χ0v) is 25.5. The van der Waals surface area contributed by atoms with E-state index in [-0.39, 0.29) is 29.6 Å². The molecule has 0 bridgehead atoms. The average molecular weight is 618 g/mol. The van der Waals surface area contributed by atoms with Crippen LogP contribution in [0.3, 0.4) is 0 Å². The molecule has 0 aliphatic carbocycles. The largest absolute Gasteiger partial charge is 0.573 e. The summed E-state index contributed by atoms with van der Waals surface area (Å²) >= 11 is 1.24. The highest BCUT2D eigenvalue weighted by molar-refractivity contribution is 7.19. The first-order valence-electron chi connectivity index (χ1n) is 13.4. The lowest BCUT2D eigenvalue weighted by Crippen LogP contribution is -2.29. The summed E-state index contributed by atoms with van der Waals surface area (Å²) in [6.07, 6.45) is -4.41. The number of anilines is 3. The molecule has 0 aliphatic heterocycles. The minimum Gasteiger partial charge on any atom is -0.406 e. The maximum absolute atomic E-state index is 13.0. The number of fused-ring (bicyclic) bond motifs is 1. The molecule has 4 rings (SSSR count). The Hall–Kier alpha value is -4.10. The maximum atomic E-state index is 13.0. The number of thiophene rings is 1. The van der Waals surface area contributed by atoms with Gasteiger partial charge in [0.15, 0.2) is 0 Å². The van der Waals surface area contributed by atoms with E-state index in [1.807, 2.05) is 20.8 Å². The van der Waals surface area contributed by atoms with Gasteiger partial charge < -0.3 is 19.3 Å². The summed E-state index contributed by atoms with van der Waals surface area (Å²) < 4.78 is 42.9. The van der Waals surface area contributed by atoms with Gasteiger partial charge in [-0.05, 0) is 79.4 Å². The monoisotopic (exact) mass is 617 g/mol. The number of hydrogen-bond donors (Lipinski definition) is 3. The highest BCUT2D eigenvalue weighted by Crippen LogP contribution is 2.34. The molecule has 0 unspecified atom stereocenters. The lowest BCUT2D eigenvalue weighted by Gasteiger charge is -2.23. The van der Waals surface area contributed by atoms with Gasteiger partial charge in [0.1, 0.15) is 5.75 Å². The second-order valence-corrected chi connectivity index (χ2v) is 13.1. The fourth-order valence-electron chi connectivity index (χ4n) is 4.31. The van der Waals surface area contributed by atoms with Crippen molar-refractivity contribution in [3.05, 3.63) is 54.6 Å². The van der Waals surface area contributed by atoms with Gasteiger partial charge in [0.2, 0.25) is 11.9 Å². The van der Waals surface area contributed by atoms with Gasteiger partial charge in [-0.25, -0.2) is 9.78 Å². The zero-order valence-electron chi connectivity index (χ0n) is 24.7. The topological polar surface area (TPSA) is 109 Å². The summed E-state index contributed by atoms with van der Waals surface area (Å²) in [7, 11) is 1.70. The maximum Gasteiger partial charge on any atom is 0.573 e. The summed E-state index contributed by atoms with van der Waals surface area (Å²) in [5, 5.41) is 16.5. The second kappa shape index (κ2) is 11.9. The van der Waals surface area contributed by atoms with E-state index < -0.39 is 18.0 Å². The molecular formula is C30H34F3N5O4S. The van der Waals surface area contributed by atoms with E-state index in [1.165, 1.54) is 35.6 Å². The number of aromatic nitrogens is 2. The highest BCUT2D eigenvalue weighted by Gasteiger charge is 2.31. The molecule has 0 saturated heterocycles. The van der Waals surface area contributed by atoms with Crippen LogP contribution in [0.2, 0.25) is 0 Å². The number of nitrogens with zero attached hydrogens (tertiary/aromatic N) is 3. The number of amides is 3. The Kier molecular flexibility index (Phi) is 8.80. The number of halogens is 3. The molecule has 43 heavy (non-hydrogen) atoms. The normalized spacial score (nSPS) is 12.3. The highest BCUT2D eigenvalue weighted by atomic mass is 32.1. The quantitative estimate of drug-likeness (QED) is 0.190. The van der Waals surface area contributed by atoms with E-state index in [1.54, 1.807) is 60.7 Å². The Morgan fingerprint density at radius 2 is 1.67 bits per heavy atom. The minimum absolute atomic E-state index is 0.0404. The smallest absolute Gasteiger partial charge is 0.406 e. The van der Waals surface area contributed by atoms with Gasteiger partial charge in [-0.15, -0.1) is 24.5 Å². The van der Waals surface area contributed by atoms with Gasteiger partial charge in [-0.1, -0.05) is 20.8 Å². The molecule has 230 valence electrons. The van der Waals surface area contributed by atoms with Crippen LogP contribution in [0.25, 0.3) is 21.5 Å². The van der Waals surface area contributed by atoms with Crippen molar-refractivity contribution in [2.75, 3.05) is 22.6 Å². The summed E-state index contributed by atoms with van der Waals surface area (Å²) in [6.45, 7) is 9.40. The van der Waals surface area contributed by atoms with E-state index in [0.29, 0.717) is 33.7 Å². The predicted octanol–water partition coefficient (Wildman–Crippen LogP) is 7.48. The predicted molar refractivity (Wildman–Crippen MR) is 163 cm³/mol. The van der Waals surface area contributed by atoms with E-state index in [4.69, 9.17) is 0 Å². The zero-order chi connectivity index (χ0) is 31.7. The van der Waals surface area contributed by atoms with Crippen LogP contribution in [-0.2, 0) is 11.3 Å². The van der Waals surface area contributed by atoms with Crippen molar-refractivity contribution in [2.24, 2.45) is 5.41 Å². The van der Waals surface area contributed by atoms with Crippen molar-refractivity contribution in [3.8, 4) is 16.2 Å². The van der Waals surface area contributed by atoms with Crippen LogP contribution in [0.5, 0.6) is 5.75 Å². The number of nitrogens with one attached hydrogen (secondary N) is 2. The van der Waals surface area contributed by atoms with Crippen molar-refractivity contribution in [1.82, 2.24) is 9.55 Å². The number of aliphatic hydroxyl groups is 1. The fraction of sp³-hybridized carbons (Fsp3) is 0.367. The second-order valence-electron chi connectivity index (χ2n) is 12.0. The summed E-state index contributed by atoms with van der Waals surface area (Å²) in [5.41, 5.74) is 1.20. The molecule has 2 aromatic heterocycles. The summed E-state index contributed by atoms with van der Waals surface area (Å²) in [5.74, 6) is -0.163. The summed E-state index contributed by atoms with van der Waals surface area (Å²) in [4.78, 5) is 32.7. The number of ether oxygens (including phenoxy) is 1. The average Bonchev–Trinajstić information content (AvgIpc) is 3.45. The van der Waals surface area contributed by atoms with Crippen LogP contribution in [-0.4, -0.2) is 45.6 Å². The van der Waals surface area contributed by atoms with Gasteiger partial charge >= 0.3 is 12.4 Å². The Morgan fingerprint density at radius 1 is 1.00 bits per heavy atom. The molecule has 0 spiro atoms. The Bertz CT molecular complexity index is 1620. The van der Waals surface area contributed by atoms with Crippen molar-refractivity contribution in [1.29, 1.82) is 0 Å². The van der Waals surface area contributed by atoms with E-state index in [2.05, 4.69) is 20.4 Å². The number of carbonyl (C=O) groups excluding carboxylic acids is 2. The molecule has 13 heteroatoms. The number of carbonyl (C=O) groups is 2. The third-order valence-corrected chi connectivity index (χ3v) is 7.21. The molecular weight excluding hydrogens is 583 g/mol. The molecule has 0 aliphatic rings. The van der Waals surface area contributed by atoms with Gasteiger partial charge in [-0.2, -0.15) is 0 Å². The van der Waals surface area contributed by atoms with Crippen LogP contribution < -0.4 is 20.3 Å². The first-order valence-corrected chi connectivity index (χ1v) is 14.2. The Morgan fingerprint density at radius 3 is 2.28 bits per heavy atom. The van der Waals surface area contributed by atoms with Crippen LogP contribution in [0.15, 0.2) is 54.6 Å². The number of imidazole rings is 1.